The van der Waals surface area contributed by atoms with Crippen LogP contribution in [-0.4, -0.2) is 33.7 Å². The largest absolute Gasteiger partial charge is 0.544 e. The third-order valence-corrected chi connectivity index (χ3v) is 4.70. The van der Waals surface area contributed by atoms with E-state index < -0.39 is 11.9 Å². The Morgan fingerprint density at radius 3 is 2.59 bits per heavy atom. The maximum absolute atomic E-state index is 11.7. The fourth-order valence-corrected chi connectivity index (χ4v) is 3.11. The van der Waals surface area contributed by atoms with Crippen LogP contribution in [0.4, 0.5) is 0 Å². The van der Waals surface area contributed by atoms with E-state index in [0.717, 1.165) is 17.3 Å². The van der Waals surface area contributed by atoms with E-state index in [9.17, 15) is 14.7 Å². The SMILES string of the molecule is CCOC(=O)c1ccc(-c2ccc(/C=C(/Sc3n[nH]c(CC)n3)C(=O)[O-])o2)cc1. The lowest BCUT2D eigenvalue weighted by molar-refractivity contribution is -0.298. The first-order chi connectivity index (χ1) is 14.0. The molecule has 0 fully saturated rings. The summed E-state index contributed by atoms with van der Waals surface area (Å²) in [5, 5.41) is 18.5. The number of esters is 1. The Hall–Kier alpha value is -3.33. The smallest absolute Gasteiger partial charge is 0.338 e. The van der Waals surface area contributed by atoms with Crippen molar-refractivity contribution in [2.45, 2.75) is 25.4 Å². The highest BCUT2D eigenvalue weighted by Gasteiger charge is 2.11. The van der Waals surface area contributed by atoms with Gasteiger partial charge in [0, 0.05) is 16.9 Å². The van der Waals surface area contributed by atoms with Crippen molar-refractivity contribution in [3.8, 4) is 11.3 Å². The van der Waals surface area contributed by atoms with Gasteiger partial charge in [-0.15, -0.1) is 5.10 Å². The van der Waals surface area contributed by atoms with Crippen molar-refractivity contribution >= 4 is 29.8 Å². The van der Waals surface area contributed by atoms with E-state index in [4.69, 9.17) is 9.15 Å². The summed E-state index contributed by atoms with van der Waals surface area (Å²) in [4.78, 5) is 27.3. The lowest BCUT2D eigenvalue weighted by atomic mass is 10.1. The van der Waals surface area contributed by atoms with Gasteiger partial charge in [0.2, 0.25) is 5.16 Å². The second-order valence-electron chi connectivity index (χ2n) is 5.82. The van der Waals surface area contributed by atoms with Gasteiger partial charge < -0.3 is 19.1 Å². The standard InChI is InChI=1S/C20H19N3O5S/c1-3-17-21-20(23-22-17)29-16(18(24)25)11-14-9-10-15(28-14)12-5-7-13(8-6-12)19(26)27-4-2/h5-11H,3-4H2,1-2H3,(H,24,25)(H,21,22,23)/p-1/b16-11+. The predicted octanol–water partition coefficient (Wildman–Crippen LogP) is 2.69. The molecule has 0 aliphatic rings. The molecule has 1 N–H and O–H groups in total. The Labute approximate surface area is 171 Å². The first-order valence-electron chi connectivity index (χ1n) is 8.89. The Balaban J connectivity index is 1.78. The molecule has 0 radical (unpaired) electrons. The van der Waals surface area contributed by atoms with Gasteiger partial charge in [-0.1, -0.05) is 19.1 Å². The molecule has 0 bridgehead atoms. The van der Waals surface area contributed by atoms with Crippen molar-refractivity contribution in [3.05, 3.63) is 58.5 Å². The van der Waals surface area contributed by atoms with E-state index in [0.29, 0.717) is 41.1 Å². The molecule has 9 heteroatoms. The number of carbonyl (C=O) groups excluding carboxylic acids is 2. The van der Waals surface area contributed by atoms with Crippen LogP contribution in [0.1, 0.15) is 35.8 Å². The number of thioether (sulfide) groups is 1. The highest BCUT2D eigenvalue weighted by Crippen LogP contribution is 2.28. The van der Waals surface area contributed by atoms with Crippen molar-refractivity contribution in [1.82, 2.24) is 15.2 Å². The van der Waals surface area contributed by atoms with Gasteiger partial charge in [-0.3, -0.25) is 5.10 Å². The lowest BCUT2D eigenvalue weighted by Gasteiger charge is -2.04. The van der Waals surface area contributed by atoms with Crippen molar-refractivity contribution in [1.29, 1.82) is 0 Å². The summed E-state index contributed by atoms with van der Waals surface area (Å²) in [5.41, 5.74) is 1.18. The number of aryl methyl sites for hydroxylation is 1. The number of rotatable bonds is 8. The highest BCUT2D eigenvalue weighted by molar-refractivity contribution is 8.04. The zero-order valence-electron chi connectivity index (χ0n) is 15.8. The molecule has 0 saturated heterocycles. The molecule has 0 spiro atoms. The fraction of sp³-hybridized carbons (Fsp3) is 0.200. The molecule has 3 rings (SSSR count). The molecule has 3 aromatic rings. The first kappa shape index (κ1) is 20.4. The number of carboxylic acids is 1. The summed E-state index contributed by atoms with van der Waals surface area (Å²) in [7, 11) is 0. The lowest BCUT2D eigenvalue weighted by Crippen LogP contribution is -2.23. The van der Waals surface area contributed by atoms with Crippen molar-refractivity contribution < 1.29 is 23.8 Å². The Kier molecular flexibility index (Phi) is 6.50. The molecule has 0 amide bonds. The molecular weight excluding hydrogens is 394 g/mol. The topological polar surface area (TPSA) is 121 Å². The number of aromatic amines is 1. The number of aromatic nitrogens is 3. The Morgan fingerprint density at radius 1 is 1.21 bits per heavy atom. The minimum Gasteiger partial charge on any atom is -0.544 e. The second-order valence-corrected chi connectivity index (χ2v) is 6.83. The van der Waals surface area contributed by atoms with Crippen LogP contribution in [0, 0.1) is 0 Å². The molecule has 0 saturated carbocycles. The van der Waals surface area contributed by atoms with Crippen LogP contribution >= 0.6 is 11.8 Å². The van der Waals surface area contributed by atoms with Crippen LogP contribution in [0.5, 0.6) is 0 Å². The van der Waals surface area contributed by atoms with Gasteiger partial charge in [0.05, 0.1) is 18.1 Å². The minimum atomic E-state index is -1.35. The van der Waals surface area contributed by atoms with Crippen LogP contribution < -0.4 is 5.11 Å². The van der Waals surface area contributed by atoms with Crippen LogP contribution in [0.3, 0.4) is 0 Å². The molecule has 0 atom stereocenters. The summed E-state index contributed by atoms with van der Waals surface area (Å²) < 4.78 is 10.7. The van der Waals surface area contributed by atoms with Gasteiger partial charge in [-0.2, -0.15) is 0 Å². The maximum atomic E-state index is 11.7. The van der Waals surface area contributed by atoms with Gasteiger partial charge in [0.1, 0.15) is 17.3 Å². The quantitative estimate of drug-likeness (QED) is 0.340. The molecule has 2 heterocycles. The number of hydrogen-bond acceptors (Lipinski definition) is 8. The van der Waals surface area contributed by atoms with E-state index in [1.54, 1.807) is 43.3 Å². The molecule has 29 heavy (non-hydrogen) atoms. The Bertz CT molecular complexity index is 1040. The van der Waals surface area contributed by atoms with E-state index in [2.05, 4.69) is 15.2 Å². The second kappa shape index (κ2) is 9.24. The van der Waals surface area contributed by atoms with Gasteiger partial charge in [-0.25, -0.2) is 9.78 Å². The maximum Gasteiger partial charge on any atom is 0.338 e. The molecule has 0 unspecified atom stereocenters. The summed E-state index contributed by atoms with van der Waals surface area (Å²) in [5.74, 6) is -0.213. The molecule has 2 aromatic heterocycles. The summed E-state index contributed by atoms with van der Waals surface area (Å²) in [6.07, 6.45) is 2.02. The molecule has 0 aliphatic carbocycles. The van der Waals surface area contributed by atoms with Crippen LogP contribution in [0.25, 0.3) is 17.4 Å². The molecular formula is C20H18N3O5S-. The van der Waals surface area contributed by atoms with Crippen LogP contribution in [0.2, 0.25) is 0 Å². The van der Waals surface area contributed by atoms with Crippen LogP contribution in [-0.2, 0) is 16.0 Å². The summed E-state index contributed by atoms with van der Waals surface area (Å²) in [6.45, 7) is 3.96. The number of furan rings is 1. The first-order valence-corrected chi connectivity index (χ1v) is 9.71. The van der Waals surface area contributed by atoms with Gasteiger partial charge in [0.15, 0.2) is 0 Å². The number of aliphatic carboxylic acids is 1. The molecule has 1 aromatic carbocycles. The number of carbonyl (C=O) groups is 2. The number of nitrogens with one attached hydrogen (secondary N) is 1. The van der Waals surface area contributed by atoms with E-state index in [1.807, 2.05) is 6.92 Å². The number of benzene rings is 1. The number of H-pyrrole nitrogens is 1. The predicted molar refractivity (Wildman–Crippen MR) is 105 cm³/mol. The third-order valence-electron chi connectivity index (χ3n) is 3.83. The van der Waals surface area contributed by atoms with Crippen molar-refractivity contribution in [2.75, 3.05) is 6.61 Å². The number of ether oxygens (including phenoxy) is 1. The van der Waals surface area contributed by atoms with Crippen LogP contribution in [0.15, 0.2) is 50.9 Å². The van der Waals surface area contributed by atoms with E-state index in [-0.39, 0.29) is 4.91 Å². The summed E-state index contributed by atoms with van der Waals surface area (Å²) >= 11 is 0.877. The highest BCUT2D eigenvalue weighted by atomic mass is 32.2. The van der Waals surface area contributed by atoms with E-state index in [1.165, 1.54) is 6.08 Å². The molecule has 0 aliphatic heterocycles. The molecule has 8 nitrogen and oxygen atoms in total. The van der Waals surface area contributed by atoms with Gasteiger partial charge >= 0.3 is 5.97 Å². The zero-order chi connectivity index (χ0) is 20.8. The normalized spacial score (nSPS) is 11.4. The number of hydrogen-bond donors (Lipinski definition) is 1. The minimum absolute atomic E-state index is 0.0785. The monoisotopic (exact) mass is 412 g/mol. The Morgan fingerprint density at radius 2 is 1.97 bits per heavy atom. The average molecular weight is 412 g/mol. The fourth-order valence-electron chi connectivity index (χ4n) is 2.41. The van der Waals surface area contributed by atoms with E-state index >= 15 is 0 Å². The third kappa shape index (κ3) is 5.14. The molecule has 150 valence electrons. The van der Waals surface area contributed by atoms with Gasteiger partial charge in [0.25, 0.3) is 0 Å². The van der Waals surface area contributed by atoms with Crippen molar-refractivity contribution in [3.63, 3.8) is 0 Å². The zero-order valence-corrected chi connectivity index (χ0v) is 16.6. The average Bonchev–Trinajstić information content (AvgIpc) is 3.37. The number of carboxylic acid groups (broad SMARTS) is 1. The summed E-state index contributed by atoms with van der Waals surface area (Å²) in [6, 6.07) is 10.1. The van der Waals surface area contributed by atoms with Gasteiger partial charge in [-0.05, 0) is 49.0 Å². The van der Waals surface area contributed by atoms with Crippen molar-refractivity contribution in [2.24, 2.45) is 0 Å². The number of nitrogens with zero attached hydrogens (tertiary/aromatic N) is 2.